The molecule has 2 aromatic carbocycles. The molecule has 2 aromatic rings. The molecular weight excluding hydrogens is 540 g/mol. The summed E-state index contributed by atoms with van der Waals surface area (Å²) in [6.07, 6.45) is 9.84. The number of carbonyl (C=O) groups is 3. The average Bonchev–Trinajstić information content (AvgIpc) is 3.46. The molecule has 2 heterocycles. The largest absolute Gasteiger partial charge is 0.493 e. The number of carboxylic acid groups (broad SMARTS) is 1. The molecule has 0 radical (unpaired) electrons. The maximum absolute atomic E-state index is 13.9. The number of carbonyl (C=O) groups excluding carboxylic acids is 2. The third kappa shape index (κ3) is 6.31. The van der Waals surface area contributed by atoms with E-state index < -0.39 is 35.3 Å². The van der Waals surface area contributed by atoms with Gasteiger partial charge in [0.15, 0.2) is 11.5 Å². The highest BCUT2D eigenvalue weighted by molar-refractivity contribution is 7.98. The van der Waals surface area contributed by atoms with Gasteiger partial charge in [-0.25, -0.2) is 0 Å². The van der Waals surface area contributed by atoms with Gasteiger partial charge in [0.2, 0.25) is 11.8 Å². The minimum Gasteiger partial charge on any atom is -0.493 e. The standard InChI is InChI=1S/C32H40N2O6S/c1-4-5-6-7-8-12-19-34-29(35)25-26(30(34)36)32(31(37)38,18-20-41-3)33-27(25)23-16-13-17-24(39-2)28(23)40-21-22-14-10-9-11-15-22/h7-11,13-17,25-27,33H,4-6,12,18-21H2,1-3H3,(H,37,38). The number of likely N-dealkylation sites (tertiary alicyclic amines) is 1. The number of hydrogen-bond donors (Lipinski definition) is 2. The number of allylic oxidation sites excluding steroid dienone is 1. The second-order valence-corrected chi connectivity index (χ2v) is 11.5. The van der Waals surface area contributed by atoms with Crippen LogP contribution < -0.4 is 14.8 Å². The van der Waals surface area contributed by atoms with E-state index in [9.17, 15) is 19.5 Å². The van der Waals surface area contributed by atoms with Crippen LogP contribution in [0.3, 0.4) is 0 Å². The second-order valence-electron chi connectivity index (χ2n) is 10.5. The number of fused-ring (bicyclic) bond motifs is 1. The first kappa shape index (κ1) is 30.7. The molecule has 2 N–H and O–H groups in total. The van der Waals surface area contributed by atoms with E-state index in [0.717, 1.165) is 24.8 Å². The van der Waals surface area contributed by atoms with Crippen molar-refractivity contribution in [2.24, 2.45) is 11.8 Å². The molecule has 0 saturated carbocycles. The fourth-order valence-corrected chi connectivity index (χ4v) is 6.46. The van der Waals surface area contributed by atoms with Gasteiger partial charge < -0.3 is 14.6 Å². The predicted octanol–water partition coefficient (Wildman–Crippen LogP) is 5.23. The normalized spacial score (nSPS) is 23.8. The van der Waals surface area contributed by atoms with Gasteiger partial charge in [-0.05, 0) is 42.9 Å². The van der Waals surface area contributed by atoms with Gasteiger partial charge >= 0.3 is 5.97 Å². The van der Waals surface area contributed by atoms with Crippen LogP contribution in [0.5, 0.6) is 11.5 Å². The van der Waals surface area contributed by atoms with Crippen molar-refractivity contribution in [1.29, 1.82) is 0 Å². The summed E-state index contributed by atoms with van der Waals surface area (Å²) in [5.74, 6) is -2.37. The number of methoxy groups -OCH3 is 1. The monoisotopic (exact) mass is 580 g/mol. The van der Waals surface area contributed by atoms with E-state index in [0.29, 0.717) is 29.2 Å². The Bertz CT molecular complexity index is 1250. The Morgan fingerprint density at radius 2 is 1.85 bits per heavy atom. The maximum atomic E-state index is 13.9. The summed E-state index contributed by atoms with van der Waals surface area (Å²) >= 11 is 1.51. The van der Waals surface area contributed by atoms with Crippen molar-refractivity contribution >= 4 is 29.5 Å². The predicted molar refractivity (Wildman–Crippen MR) is 160 cm³/mol. The number of nitrogens with one attached hydrogen (secondary N) is 1. The third-order valence-corrected chi connectivity index (χ3v) is 8.64. The molecule has 8 nitrogen and oxygen atoms in total. The molecule has 0 spiro atoms. The van der Waals surface area contributed by atoms with Crippen molar-refractivity contribution in [3.8, 4) is 11.5 Å². The Labute approximate surface area is 246 Å². The molecule has 2 saturated heterocycles. The number of benzene rings is 2. The first-order valence-electron chi connectivity index (χ1n) is 14.2. The number of unbranched alkanes of at least 4 members (excludes halogenated alkanes) is 2. The van der Waals surface area contributed by atoms with Gasteiger partial charge in [0, 0.05) is 18.2 Å². The number of aliphatic carboxylic acids is 1. The van der Waals surface area contributed by atoms with Gasteiger partial charge in [0.25, 0.3) is 0 Å². The number of imide groups is 1. The number of carboxylic acids is 1. The molecule has 0 aliphatic carbocycles. The zero-order chi connectivity index (χ0) is 29.4. The van der Waals surface area contributed by atoms with Crippen LogP contribution in [0, 0.1) is 11.8 Å². The Morgan fingerprint density at radius 3 is 2.54 bits per heavy atom. The van der Waals surface area contributed by atoms with Crippen molar-refractivity contribution in [2.45, 2.75) is 57.2 Å². The van der Waals surface area contributed by atoms with Gasteiger partial charge in [-0.15, -0.1) is 0 Å². The minimum absolute atomic E-state index is 0.203. The molecule has 2 amide bonds. The van der Waals surface area contributed by atoms with Crippen molar-refractivity contribution in [3.63, 3.8) is 0 Å². The highest BCUT2D eigenvalue weighted by atomic mass is 32.2. The second kappa shape index (κ2) is 14.0. The topological polar surface area (TPSA) is 105 Å². The quantitative estimate of drug-likeness (QED) is 0.168. The molecule has 4 rings (SSSR count). The maximum Gasteiger partial charge on any atom is 0.324 e. The first-order valence-corrected chi connectivity index (χ1v) is 15.6. The van der Waals surface area contributed by atoms with E-state index in [4.69, 9.17) is 9.47 Å². The van der Waals surface area contributed by atoms with Crippen molar-refractivity contribution in [3.05, 3.63) is 71.8 Å². The Hall–Kier alpha value is -3.30. The van der Waals surface area contributed by atoms with E-state index in [1.807, 2.05) is 48.7 Å². The van der Waals surface area contributed by atoms with Gasteiger partial charge in [-0.3, -0.25) is 24.6 Å². The molecule has 2 fully saturated rings. The van der Waals surface area contributed by atoms with E-state index in [1.54, 1.807) is 19.2 Å². The summed E-state index contributed by atoms with van der Waals surface area (Å²) in [5, 5.41) is 13.9. The summed E-state index contributed by atoms with van der Waals surface area (Å²) in [6.45, 7) is 2.62. The van der Waals surface area contributed by atoms with Crippen LogP contribution in [0.15, 0.2) is 60.7 Å². The Kier molecular flexibility index (Phi) is 10.5. The minimum atomic E-state index is -1.59. The molecule has 4 unspecified atom stereocenters. The fraction of sp³-hybridized carbons (Fsp3) is 0.469. The number of nitrogens with zero attached hydrogens (tertiary/aromatic N) is 1. The summed E-state index contributed by atoms with van der Waals surface area (Å²) in [7, 11) is 1.54. The van der Waals surface area contributed by atoms with Crippen LogP contribution in [0.1, 0.15) is 56.2 Å². The number of thioether (sulfide) groups is 1. The van der Waals surface area contributed by atoms with Crippen molar-refractivity contribution < 1.29 is 29.0 Å². The lowest BCUT2D eigenvalue weighted by Gasteiger charge is -2.31. The number of rotatable bonds is 15. The molecule has 9 heteroatoms. The smallest absolute Gasteiger partial charge is 0.324 e. The van der Waals surface area contributed by atoms with E-state index in [-0.39, 0.29) is 25.5 Å². The SMILES string of the molecule is CCCCC=CCCN1C(=O)C2C(c3cccc(OC)c3OCc3ccccc3)NC(CCSC)(C(=O)O)C2C1=O. The van der Waals surface area contributed by atoms with Crippen molar-refractivity contribution in [1.82, 2.24) is 10.2 Å². The van der Waals surface area contributed by atoms with Crippen LogP contribution in [-0.4, -0.2) is 59.0 Å². The molecule has 4 atom stereocenters. The van der Waals surface area contributed by atoms with Crippen LogP contribution in [-0.2, 0) is 21.0 Å². The molecule has 2 aliphatic rings. The summed E-state index contributed by atoms with van der Waals surface area (Å²) in [6, 6.07) is 14.3. The summed E-state index contributed by atoms with van der Waals surface area (Å²) in [5.41, 5.74) is -0.0342. The molecule has 0 aromatic heterocycles. The Morgan fingerprint density at radius 1 is 1.10 bits per heavy atom. The van der Waals surface area contributed by atoms with E-state index in [1.165, 1.54) is 16.7 Å². The van der Waals surface area contributed by atoms with Crippen molar-refractivity contribution in [2.75, 3.05) is 25.7 Å². The summed E-state index contributed by atoms with van der Waals surface area (Å²) in [4.78, 5) is 42.0. The summed E-state index contributed by atoms with van der Waals surface area (Å²) < 4.78 is 11.9. The highest BCUT2D eigenvalue weighted by Gasteiger charge is 2.68. The zero-order valence-corrected chi connectivity index (χ0v) is 24.8. The zero-order valence-electron chi connectivity index (χ0n) is 24.0. The van der Waals surface area contributed by atoms with Gasteiger partial charge in [-0.1, -0.05) is 74.4 Å². The van der Waals surface area contributed by atoms with Gasteiger partial charge in [-0.2, -0.15) is 11.8 Å². The van der Waals surface area contributed by atoms with Gasteiger partial charge in [0.1, 0.15) is 12.1 Å². The third-order valence-electron chi connectivity index (χ3n) is 8.03. The molecule has 220 valence electrons. The fourth-order valence-electron chi connectivity index (χ4n) is 5.93. The van der Waals surface area contributed by atoms with Gasteiger partial charge in [0.05, 0.1) is 18.9 Å². The van der Waals surface area contributed by atoms with Crippen LogP contribution in [0.25, 0.3) is 0 Å². The lowest BCUT2D eigenvalue weighted by molar-refractivity contribution is -0.151. The number of amides is 2. The molecule has 2 aliphatic heterocycles. The van der Waals surface area contributed by atoms with E-state index in [2.05, 4.69) is 18.3 Å². The highest BCUT2D eigenvalue weighted by Crippen LogP contribution is 2.53. The van der Waals surface area contributed by atoms with Crippen LogP contribution in [0.4, 0.5) is 0 Å². The number of para-hydroxylation sites is 1. The molecule has 41 heavy (non-hydrogen) atoms. The molecule has 0 bridgehead atoms. The lowest BCUT2D eigenvalue weighted by Crippen LogP contribution is -2.56. The average molecular weight is 581 g/mol. The number of ether oxygens (including phenoxy) is 2. The van der Waals surface area contributed by atoms with Crippen LogP contribution >= 0.6 is 11.8 Å². The lowest BCUT2D eigenvalue weighted by atomic mass is 9.78. The van der Waals surface area contributed by atoms with E-state index >= 15 is 0 Å². The van der Waals surface area contributed by atoms with Crippen LogP contribution in [0.2, 0.25) is 0 Å². The molecular formula is C32H40N2O6S. The number of hydrogen-bond acceptors (Lipinski definition) is 7. The Balaban J connectivity index is 1.71. The first-order chi connectivity index (χ1) is 19.9.